The summed E-state index contributed by atoms with van der Waals surface area (Å²) < 4.78 is 6.36. The van der Waals surface area contributed by atoms with Crippen molar-refractivity contribution in [3.63, 3.8) is 0 Å². The Morgan fingerprint density at radius 3 is 2.65 bits per heavy atom. The molecule has 2 saturated heterocycles. The molecule has 3 heterocycles. The minimum atomic E-state index is 0.478. The molecule has 4 rings (SSSR count). The fourth-order valence-corrected chi connectivity index (χ4v) is 4.49. The smallest absolute Gasteiger partial charge is 0.0603 e. The SMILES string of the molecule is c1cnc2c(c1)C(N1CCC(OC3CCNCC3)CC1)CCC2. The highest BCUT2D eigenvalue weighted by molar-refractivity contribution is 5.26. The summed E-state index contributed by atoms with van der Waals surface area (Å²) in [6.07, 6.45) is 11.4. The summed E-state index contributed by atoms with van der Waals surface area (Å²) >= 11 is 0. The van der Waals surface area contributed by atoms with Gasteiger partial charge in [0.25, 0.3) is 0 Å². The molecule has 1 atom stereocenters. The maximum absolute atomic E-state index is 6.36. The molecule has 0 radical (unpaired) electrons. The number of likely N-dealkylation sites (tertiary alicyclic amines) is 1. The summed E-state index contributed by atoms with van der Waals surface area (Å²) in [5.41, 5.74) is 2.81. The van der Waals surface area contributed by atoms with E-state index >= 15 is 0 Å². The molecular formula is C19H29N3O. The maximum Gasteiger partial charge on any atom is 0.0603 e. The number of hydrogen-bond acceptors (Lipinski definition) is 4. The van der Waals surface area contributed by atoms with Gasteiger partial charge in [0.15, 0.2) is 0 Å². The average Bonchev–Trinajstić information content (AvgIpc) is 2.63. The largest absolute Gasteiger partial charge is 0.375 e. The number of piperidine rings is 2. The number of nitrogens with zero attached hydrogens (tertiary/aromatic N) is 2. The van der Waals surface area contributed by atoms with Gasteiger partial charge in [-0.1, -0.05) is 6.07 Å². The van der Waals surface area contributed by atoms with Crippen molar-refractivity contribution in [2.24, 2.45) is 0 Å². The second kappa shape index (κ2) is 7.29. The molecule has 1 aliphatic carbocycles. The van der Waals surface area contributed by atoms with Crippen molar-refractivity contribution in [2.45, 2.75) is 63.2 Å². The van der Waals surface area contributed by atoms with Crippen molar-refractivity contribution in [1.29, 1.82) is 0 Å². The Morgan fingerprint density at radius 1 is 1.04 bits per heavy atom. The van der Waals surface area contributed by atoms with Gasteiger partial charge in [0.2, 0.25) is 0 Å². The molecule has 0 aromatic carbocycles. The van der Waals surface area contributed by atoms with Crippen LogP contribution in [0.5, 0.6) is 0 Å². The van der Waals surface area contributed by atoms with Crippen molar-refractivity contribution in [2.75, 3.05) is 26.2 Å². The number of aryl methyl sites for hydroxylation is 1. The normalized spacial score (nSPS) is 27.7. The van der Waals surface area contributed by atoms with Gasteiger partial charge in [-0.2, -0.15) is 0 Å². The summed E-state index contributed by atoms with van der Waals surface area (Å²) in [4.78, 5) is 7.28. The minimum absolute atomic E-state index is 0.478. The molecule has 1 aromatic heterocycles. The number of hydrogen-bond donors (Lipinski definition) is 1. The molecule has 1 unspecified atom stereocenters. The lowest BCUT2D eigenvalue weighted by molar-refractivity contribution is -0.0586. The van der Waals surface area contributed by atoms with E-state index in [9.17, 15) is 0 Å². The molecule has 1 N–H and O–H groups in total. The van der Waals surface area contributed by atoms with E-state index in [1.165, 1.54) is 62.9 Å². The maximum atomic E-state index is 6.36. The Balaban J connectivity index is 1.33. The standard InChI is InChI=1S/C19H29N3O/c1-4-18-17(3-2-10-21-18)19(5-1)22-13-8-16(9-14-22)23-15-6-11-20-12-7-15/h2-3,10,15-16,19-20H,1,4-9,11-14H2. The Kier molecular flexibility index (Phi) is 4.93. The van der Waals surface area contributed by atoms with Crippen LogP contribution in [0.15, 0.2) is 18.3 Å². The third-order valence-electron chi connectivity index (χ3n) is 5.76. The molecule has 1 aromatic rings. The van der Waals surface area contributed by atoms with Crippen LogP contribution < -0.4 is 5.32 Å². The third-order valence-corrected chi connectivity index (χ3v) is 5.76. The van der Waals surface area contributed by atoms with Crippen molar-refractivity contribution < 1.29 is 4.74 Å². The van der Waals surface area contributed by atoms with Crippen LogP contribution in [0.25, 0.3) is 0 Å². The Morgan fingerprint density at radius 2 is 1.83 bits per heavy atom. The fourth-order valence-electron chi connectivity index (χ4n) is 4.49. The molecule has 4 nitrogen and oxygen atoms in total. The van der Waals surface area contributed by atoms with Crippen LogP contribution in [0.2, 0.25) is 0 Å². The van der Waals surface area contributed by atoms with E-state index in [1.807, 2.05) is 6.20 Å². The van der Waals surface area contributed by atoms with E-state index in [4.69, 9.17) is 4.74 Å². The zero-order chi connectivity index (χ0) is 15.5. The summed E-state index contributed by atoms with van der Waals surface area (Å²) in [6, 6.07) is 4.99. The minimum Gasteiger partial charge on any atom is -0.375 e. The predicted octanol–water partition coefficient (Wildman–Crippen LogP) is 2.69. The van der Waals surface area contributed by atoms with Crippen molar-refractivity contribution in [3.8, 4) is 0 Å². The second-order valence-corrected chi connectivity index (χ2v) is 7.27. The highest BCUT2D eigenvalue weighted by Crippen LogP contribution is 2.35. The number of pyridine rings is 1. The molecule has 0 amide bonds. The molecule has 2 aliphatic heterocycles. The van der Waals surface area contributed by atoms with E-state index in [-0.39, 0.29) is 0 Å². The van der Waals surface area contributed by atoms with Gasteiger partial charge in [0, 0.05) is 31.0 Å². The molecule has 4 heteroatoms. The summed E-state index contributed by atoms with van der Waals surface area (Å²) in [6.45, 7) is 4.59. The number of nitrogens with one attached hydrogen (secondary N) is 1. The van der Waals surface area contributed by atoms with E-state index in [1.54, 1.807) is 0 Å². The summed E-state index contributed by atoms with van der Waals surface area (Å²) in [5.74, 6) is 0. The highest BCUT2D eigenvalue weighted by atomic mass is 16.5. The van der Waals surface area contributed by atoms with Gasteiger partial charge in [-0.05, 0) is 69.7 Å². The quantitative estimate of drug-likeness (QED) is 0.930. The van der Waals surface area contributed by atoms with Gasteiger partial charge >= 0.3 is 0 Å². The van der Waals surface area contributed by atoms with Crippen LogP contribution in [0.3, 0.4) is 0 Å². The lowest BCUT2D eigenvalue weighted by atomic mass is 9.89. The van der Waals surface area contributed by atoms with Crippen LogP contribution in [0, 0.1) is 0 Å². The molecule has 3 aliphatic rings. The molecule has 126 valence electrons. The van der Waals surface area contributed by atoms with Crippen LogP contribution in [-0.2, 0) is 11.2 Å². The second-order valence-electron chi connectivity index (χ2n) is 7.27. The fraction of sp³-hybridized carbons (Fsp3) is 0.737. The zero-order valence-electron chi connectivity index (χ0n) is 14.0. The first kappa shape index (κ1) is 15.6. The number of ether oxygens (including phenoxy) is 1. The number of aromatic nitrogens is 1. The van der Waals surface area contributed by atoms with Gasteiger partial charge in [0.05, 0.1) is 12.2 Å². The van der Waals surface area contributed by atoms with Crippen LogP contribution in [-0.4, -0.2) is 48.3 Å². The molecule has 0 spiro atoms. The average molecular weight is 315 g/mol. The van der Waals surface area contributed by atoms with Gasteiger partial charge < -0.3 is 10.1 Å². The predicted molar refractivity (Wildman–Crippen MR) is 91.5 cm³/mol. The van der Waals surface area contributed by atoms with Crippen LogP contribution in [0.4, 0.5) is 0 Å². The Labute approximate surface area is 139 Å². The number of rotatable bonds is 3. The Hall–Kier alpha value is -0.970. The highest BCUT2D eigenvalue weighted by Gasteiger charge is 2.30. The summed E-state index contributed by atoms with van der Waals surface area (Å²) in [5, 5.41) is 3.42. The Bertz CT molecular complexity index is 507. The zero-order valence-corrected chi connectivity index (χ0v) is 14.0. The van der Waals surface area contributed by atoms with Gasteiger partial charge in [-0.3, -0.25) is 9.88 Å². The summed E-state index contributed by atoms with van der Waals surface area (Å²) in [7, 11) is 0. The molecular weight excluding hydrogens is 286 g/mol. The first-order chi connectivity index (χ1) is 11.4. The monoisotopic (exact) mass is 315 g/mol. The topological polar surface area (TPSA) is 37.4 Å². The lowest BCUT2D eigenvalue weighted by Crippen LogP contribution is -2.42. The van der Waals surface area contributed by atoms with Crippen molar-refractivity contribution in [3.05, 3.63) is 29.6 Å². The molecule has 0 bridgehead atoms. The van der Waals surface area contributed by atoms with Gasteiger partial charge in [-0.25, -0.2) is 0 Å². The molecule has 2 fully saturated rings. The first-order valence-corrected chi connectivity index (χ1v) is 9.44. The molecule has 23 heavy (non-hydrogen) atoms. The van der Waals surface area contributed by atoms with E-state index in [0.717, 1.165) is 19.5 Å². The van der Waals surface area contributed by atoms with Crippen LogP contribution >= 0.6 is 0 Å². The van der Waals surface area contributed by atoms with Crippen molar-refractivity contribution in [1.82, 2.24) is 15.2 Å². The van der Waals surface area contributed by atoms with E-state index in [0.29, 0.717) is 18.2 Å². The van der Waals surface area contributed by atoms with E-state index < -0.39 is 0 Å². The van der Waals surface area contributed by atoms with E-state index in [2.05, 4.69) is 27.3 Å². The lowest BCUT2D eigenvalue weighted by Gasteiger charge is -2.40. The third kappa shape index (κ3) is 3.59. The van der Waals surface area contributed by atoms with Gasteiger partial charge in [-0.15, -0.1) is 0 Å². The van der Waals surface area contributed by atoms with Crippen molar-refractivity contribution >= 4 is 0 Å². The van der Waals surface area contributed by atoms with Crippen LogP contribution in [0.1, 0.15) is 55.8 Å². The molecule has 0 saturated carbocycles. The first-order valence-electron chi connectivity index (χ1n) is 9.44. The van der Waals surface area contributed by atoms with Gasteiger partial charge in [0.1, 0.15) is 0 Å². The number of fused-ring (bicyclic) bond motifs is 1.